The van der Waals surface area contributed by atoms with Crippen molar-refractivity contribution in [3.63, 3.8) is 0 Å². The highest BCUT2D eigenvalue weighted by molar-refractivity contribution is 7.52. The zero-order chi connectivity index (χ0) is 38.2. The lowest BCUT2D eigenvalue weighted by molar-refractivity contribution is -0.121. The topological polar surface area (TPSA) is 190 Å². The molecule has 0 aliphatic carbocycles. The molecule has 1 unspecified atom stereocenters. The molecule has 0 spiro atoms. The minimum absolute atomic E-state index is 0.0740. The van der Waals surface area contributed by atoms with Crippen LogP contribution in [0.15, 0.2) is 112 Å². The van der Waals surface area contributed by atoms with Crippen LogP contribution in [0.25, 0.3) is 10.4 Å². The number of benzene rings is 1. The summed E-state index contributed by atoms with van der Waals surface area (Å²) in [7, 11) is -4.03. The predicted octanol–water partition coefficient (Wildman–Crippen LogP) is 7.64. The van der Waals surface area contributed by atoms with Gasteiger partial charge in [0.25, 0.3) is 5.56 Å². The van der Waals surface area contributed by atoms with Gasteiger partial charge in [0.15, 0.2) is 0 Å². The highest BCUT2D eigenvalue weighted by Gasteiger charge is 2.39. The average Bonchev–Trinajstić information content (AvgIpc) is 3.55. The van der Waals surface area contributed by atoms with Crippen LogP contribution in [0.5, 0.6) is 5.75 Å². The summed E-state index contributed by atoms with van der Waals surface area (Å²) in [4.78, 5) is 41.8. The van der Waals surface area contributed by atoms with Crippen molar-refractivity contribution in [2.24, 2.45) is 5.11 Å². The minimum Gasteiger partial charge on any atom is -0.413 e. The SMILES string of the molecule is CC/C=C\C/C=C\C/C=C\C/C=C\C/C=C\CCCC(=O)NCCNP(=O)(OC[C@H]1O[C@H](n2cc(C)c(=O)[nH]c2=O)C[C@@H]1N=[N+]=[N-])Oc1ccccc1. The number of nitrogens with zero attached hydrogens (tertiary/aromatic N) is 4. The number of aromatic amines is 1. The number of aromatic nitrogens is 2. The van der Waals surface area contributed by atoms with E-state index in [-0.39, 0.29) is 37.8 Å². The van der Waals surface area contributed by atoms with Gasteiger partial charge in [0, 0.05) is 42.6 Å². The summed E-state index contributed by atoms with van der Waals surface area (Å²) in [5.41, 5.74) is 8.24. The van der Waals surface area contributed by atoms with E-state index in [0.29, 0.717) is 18.4 Å². The molecule has 3 rings (SSSR count). The Morgan fingerprint density at radius 1 is 1.02 bits per heavy atom. The van der Waals surface area contributed by atoms with Crippen molar-refractivity contribution in [1.82, 2.24) is 20.0 Å². The molecule has 1 aromatic carbocycles. The van der Waals surface area contributed by atoms with Crippen LogP contribution in [0, 0.1) is 6.92 Å². The van der Waals surface area contributed by atoms with Gasteiger partial charge in [-0.25, -0.2) is 14.4 Å². The van der Waals surface area contributed by atoms with E-state index in [1.54, 1.807) is 37.3 Å². The Hall–Kier alpha value is -4.71. The van der Waals surface area contributed by atoms with Gasteiger partial charge in [0.1, 0.15) is 12.0 Å². The average molecular weight is 750 g/mol. The highest BCUT2D eigenvalue weighted by atomic mass is 31.2. The van der Waals surface area contributed by atoms with Crippen LogP contribution in [-0.2, 0) is 18.6 Å². The van der Waals surface area contributed by atoms with Gasteiger partial charge in [-0.1, -0.05) is 91.0 Å². The second kappa shape index (κ2) is 24.5. The van der Waals surface area contributed by atoms with Crippen molar-refractivity contribution in [1.29, 1.82) is 0 Å². The first-order valence-corrected chi connectivity index (χ1v) is 19.6. The summed E-state index contributed by atoms with van der Waals surface area (Å²) in [5.74, 6) is 0.156. The fraction of sp³-hybridized carbons (Fsp3) is 0.447. The molecule has 2 heterocycles. The van der Waals surface area contributed by atoms with Gasteiger partial charge >= 0.3 is 13.4 Å². The van der Waals surface area contributed by atoms with Crippen LogP contribution >= 0.6 is 7.75 Å². The van der Waals surface area contributed by atoms with Crippen LogP contribution in [-0.4, -0.2) is 47.3 Å². The third kappa shape index (κ3) is 16.7. The molecule has 0 saturated carbocycles. The van der Waals surface area contributed by atoms with Crippen molar-refractivity contribution in [2.75, 3.05) is 19.7 Å². The van der Waals surface area contributed by atoms with Crippen molar-refractivity contribution < 1.29 is 23.1 Å². The second-order valence-corrected chi connectivity index (χ2v) is 13.9. The van der Waals surface area contributed by atoms with Crippen molar-refractivity contribution >= 4 is 13.7 Å². The number of allylic oxidation sites excluding steroid dienone is 10. The van der Waals surface area contributed by atoms with Gasteiger partial charge < -0.3 is 14.6 Å². The fourth-order valence-corrected chi connectivity index (χ4v) is 6.49. The number of hydrogen-bond donors (Lipinski definition) is 3. The van der Waals surface area contributed by atoms with Gasteiger partial charge in [-0.2, -0.15) is 0 Å². The summed E-state index contributed by atoms with van der Waals surface area (Å²) in [5, 5.41) is 9.37. The number of rotatable bonds is 24. The van der Waals surface area contributed by atoms with Gasteiger partial charge in [-0.05, 0) is 69.5 Å². The molecule has 14 nitrogen and oxygen atoms in total. The van der Waals surface area contributed by atoms with Crippen LogP contribution in [0.3, 0.4) is 0 Å². The largest absolute Gasteiger partial charge is 0.458 e. The molecule has 0 radical (unpaired) electrons. The van der Waals surface area contributed by atoms with Crippen LogP contribution in [0.2, 0.25) is 0 Å². The number of carbonyl (C=O) groups is 1. The third-order valence-corrected chi connectivity index (χ3v) is 9.47. The molecule has 3 N–H and O–H groups in total. The second-order valence-electron chi connectivity index (χ2n) is 12.2. The van der Waals surface area contributed by atoms with E-state index in [0.717, 1.165) is 38.5 Å². The number of unbranched alkanes of at least 4 members (excludes halogenated alkanes) is 1. The molecular weight excluding hydrogens is 697 g/mol. The zero-order valence-corrected chi connectivity index (χ0v) is 31.4. The molecule has 1 saturated heterocycles. The molecule has 15 heteroatoms. The Balaban J connectivity index is 1.40. The number of hydrogen-bond acceptors (Lipinski definition) is 8. The lowest BCUT2D eigenvalue weighted by Gasteiger charge is -2.23. The molecule has 1 aliphatic heterocycles. The third-order valence-electron chi connectivity index (χ3n) is 7.92. The molecular formula is C38H52N7O7P. The molecule has 286 valence electrons. The number of amides is 1. The molecule has 53 heavy (non-hydrogen) atoms. The lowest BCUT2D eigenvalue weighted by Crippen LogP contribution is -2.34. The van der Waals surface area contributed by atoms with Crippen LogP contribution in [0.4, 0.5) is 0 Å². The minimum atomic E-state index is -4.03. The Morgan fingerprint density at radius 3 is 2.30 bits per heavy atom. The van der Waals surface area contributed by atoms with E-state index >= 15 is 0 Å². The van der Waals surface area contributed by atoms with E-state index in [9.17, 15) is 18.9 Å². The Bertz CT molecular complexity index is 1780. The van der Waals surface area contributed by atoms with E-state index in [1.807, 2.05) is 0 Å². The molecule has 2 aromatic rings. The lowest BCUT2D eigenvalue weighted by atomic mass is 10.1. The Labute approximate surface area is 310 Å². The Kier molecular flexibility index (Phi) is 19.8. The predicted molar refractivity (Wildman–Crippen MR) is 207 cm³/mol. The zero-order valence-electron chi connectivity index (χ0n) is 30.5. The molecule has 1 fully saturated rings. The molecule has 4 atom stereocenters. The maximum Gasteiger partial charge on any atom is 0.458 e. The fourth-order valence-electron chi connectivity index (χ4n) is 5.15. The number of azide groups is 1. The number of carbonyl (C=O) groups excluding carboxylic acids is 1. The van der Waals surface area contributed by atoms with E-state index in [1.165, 1.54) is 10.8 Å². The Morgan fingerprint density at radius 2 is 1.66 bits per heavy atom. The maximum atomic E-state index is 13.8. The van der Waals surface area contributed by atoms with Crippen molar-refractivity contribution in [2.45, 2.75) is 90.0 Å². The number of nitrogens with one attached hydrogen (secondary N) is 3. The quantitative estimate of drug-likeness (QED) is 0.0244. The van der Waals surface area contributed by atoms with Crippen molar-refractivity contribution in [3.8, 4) is 5.75 Å². The molecule has 1 amide bonds. The van der Waals surface area contributed by atoms with E-state index in [2.05, 4.69) is 93.1 Å². The maximum absolute atomic E-state index is 13.8. The summed E-state index contributed by atoms with van der Waals surface area (Å²) in [6, 6.07) is 7.68. The van der Waals surface area contributed by atoms with Crippen LogP contribution < -0.4 is 26.2 Å². The first kappa shape index (κ1) is 42.7. The van der Waals surface area contributed by atoms with Crippen molar-refractivity contribution in [3.05, 3.63) is 134 Å². The first-order chi connectivity index (χ1) is 25.7. The van der Waals surface area contributed by atoms with Gasteiger partial charge in [0.2, 0.25) is 5.91 Å². The standard InChI is InChI=1S/C38H52N7O7P/c1-3-4-5-6-7-8-9-10-11-12-13-14-15-16-17-18-22-25-35(46)40-26-27-41-53(49,52-32-23-20-19-21-24-32)50-30-34-33(43-44-39)28-36(51-34)45-29-31(2)37(47)42-38(45)48/h4-5,7-8,10-11,13-14,16-17,19-21,23-24,29,33-34,36H,3,6,9,12,15,18,22,25-28,30H2,1-2H3,(H,40,46)(H,41,49)(H,42,47,48)/b5-4-,8-7-,11-10-,14-13-,17-16-/t33-,34+,36-,53?/m0/s1. The number of para-hydroxylation sites is 1. The smallest absolute Gasteiger partial charge is 0.413 e. The van der Waals surface area contributed by atoms with Crippen LogP contribution in [0.1, 0.15) is 76.5 Å². The monoisotopic (exact) mass is 749 g/mol. The molecule has 1 aromatic heterocycles. The number of aryl methyl sites for hydroxylation is 1. The molecule has 0 bridgehead atoms. The van der Waals surface area contributed by atoms with E-state index in [4.69, 9.17) is 19.3 Å². The molecule has 1 aliphatic rings. The number of ether oxygens (including phenoxy) is 1. The highest BCUT2D eigenvalue weighted by Crippen LogP contribution is 2.45. The van der Waals surface area contributed by atoms with Gasteiger partial charge in [-0.3, -0.25) is 23.7 Å². The van der Waals surface area contributed by atoms with Gasteiger partial charge in [-0.15, -0.1) is 0 Å². The summed E-state index contributed by atoms with van der Waals surface area (Å²) in [6.07, 6.45) is 27.8. The van der Waals surface area contributed by atoms with Gasteiger partial charge in [0.05, 0.1) is 18.8 Å². The normalized spacial score (nSPS) is 18.7. The van der Waals surface area contributed by atoms with E-state index < -0.39 is 37.4 Å². The number of H-pyrrole nitrogens is 1. The summed E-state index contributed by atoms with van der Waals surface area (Å²) < 4.78 is 32.5. The summed E-state index contributed by atoms with van der Waals surface area (Å²) >= 11 is 0. The summed E-state index contributed by atoms with van der Waals surface area (Å²) in [6.45, 7) is 3.62. The first-order valence-electron chi connectivity index (χ1n) is 18.0.